The molecule has 4 rings (SSSR count). The number of ether oxygens (including phenoxy) is 1. The second-order valence-electron chi connectivity index (χ2n) is 7.78. The number of hydrogen-bond acceptors (Lipinski definition) is 6. The van der Waals surface area contributed by atoms with Crippen LogP contribution in [-0.4, -0.2) is 41.4 Å². The summed E-state index contributed by atoms with van der Waals surface area (Å²) in [5.74, 6) is 0.461. The van der Waals surface area contributed by atoms with Crippen molar-refractivity contribution in [1.82, 2.24) is 9.55 Å². The number of anilines is 2. The van der Waals surface area contributed by atoms with E-state index >= 15 is 0 Å². The molecule has 0 bridgehead atoms. The lowest BCUT2D eigenvalue weighted by atomic mass is 10.2. The Hall–Kier alpha value is -3.78. The zero-order valence-corrected chi connectivity index (χ0v) is 20.8. The van der Waals surface area contributed by atoms with E-state index in [1.54, 1.807) is 31.4 Å². The van der Waals surface area contributed by atoms with E-state index in [4.69, 9.17) is 9.72 Å². The van der Waals surface area contributed by atoms with Gasteiger partial charge < -0.3 is 15.0 Å². The van der Waals surface area contributed by atoms with Crippen LogP contribution in [-0.2, 0) is 4.79 Å². The van der Waals surface area contributed by atoms with Gasteiger partial charge in [0.2, 0.25) is 5.91 Å². The highest BCUT2D eigenvalue weighted by Gasteiger charge is 2.17. The van der Waals surface area contributed by atoms with Crippen LogP contribution in [0.25, 0.3) is 16.6 Å². The zero-order chi connectivity index (χ0) is 24.8. The molecule has 0 unspecified atom stereocenters. The van der Waals surface area contributed by atoms with E-state index < -0.39 is 0 Å². The van der Waals surface area contributed by atoms with Crippen molar-refractivity contribution in [2.75, 3.05) is 36.2 Å². The summed E-state index contributed by atoms with van der Waals surface area (Å²) in [4.78, 5) is 33.1. The highest BCUT2D eigenvalue weighted by molar-refractivity contribution is 7.99. The van der Waals surface area contributed by atoms with E-state index in [0.717, 1.165) is 24.5 Å². The number of benzene rings is 3. The minimum Gasteiger partial charge on any atom is -0.495 e. The quantitative estimate of drug-likeness (QED) is 0.265. The van der Waals surface area contributed by atoms with Crippen molar-refractivity contribution in [1.29, 1.82) is 0 Å². The van der Waals surface area contributed by atoms with Crippen LogP contribution < -0.4 is 20.5 Å². The van der Waals surface area contributed by atoms with Crippen molar-refractivity contribution < 1.29 is 9.53 Å². The molecule has 0 fully saturated rings. The molecule has 0 spiro atoms. The van der Waals surface area contributed by atoms with Crippen molar-refractivity contribution in [3.63, 3.8) is 0 Å². The van der Waals surface area contributed by atoms with Crippen LogP contribution in [0.2, 0.25) is 0 Å². The van der Waals surface area contributed by atoms with E-state index in [9.17, 15) is 9.59 Å². The third kappa shape index (κ3) is 5.33. The molecule has 1 heterocycles. The van der Waals surface area contributed by atoms with Crippen LogP contribution in [0.1, 0.15) is 13.8 Å². The lowest BCUT2D eigenvalue weighted by Gasteiger charge is -2.21. The van der Waals surface area contributed by atoms with Gasteiger partial charge in [-0.3, -0.25) is 14.2 Å². The SMILES string of the molecule is CCN(CC)c1ccc(NC(=O)CSc2nc3ccccc3c(=O)n2-c2ccccc2OC)cc1. The maximum atomic E-state index is 13.4. The highest BCUT2D eigenvalue weighted by Crippen LogP contribution is 2.27. The van der Waals surface area contributed by atoms with E-state index in [0.29, 0.717) is 27.5 Å². The van der Waals surface area contributed by atoms with Gasteiger partial charge in [-0.25, -0.2) is 4.98 Å². The van der Waals surface area contributed by atoms with Crippen LogP contribution in [0.4, 0.5) is 11.4 Å². The largest absolute Gasteiger partial charge is 0.495 e. The van der Waals surface area contributed by atoms with Gasteiger partial charge in [0.25, 0.3) is 5.56 Å². The smallest absolute Gasteiger partial charge is 0.266 e. The summed E-state index contributed by atoms with van der Waals surface area (Å²) in [6.07, 6.45) is 0. The lowest BCUT2D eigenvalue weighted by Crippen LogP contribution is -2.23. The molecule has 8 heteroatoms. The first-order valence-electron chi connectivity index (χ1n) is 11.5. The number of nitrogens with zero attached hydrogens (tertiary/aromatic N) is 3. The molecule has 0 aliphatic carbocycles. The number of nitrogens with one attached hydrogen (secondary N) is 1. The first-order chi connectivity index (χ1) is 17.0. The molecule has 1 aromatic heterocycles. The predicted octanol–water partition coefficient (Wildman–Crippen LogP) is 4.97. The van der Waals surface area contributed by atoms with E-state index in [2.05, 4.69) is 24.1 Å². The van der Waals surface area contributed by atoms with Crippen molar-refractivity contribution >= 4 is 39.9 Å². The average molecular weight is 489 g/mol. The summed E-state index contributed by atoms with van der Waals surface area (Å²) in [7, 11) is 1.56. The predicted molar refractivity (Wildman–Crippen MR) is 143 cm³/mol. The monoisotopic (exact) mass is 488 g/mol. The Morgan fingerprint density at radius 1 is 1.00 bits per heavy atom. The normalized spacial score (nSPS) is 10.8. The number of carbonyl (C=O) groups is 1. The fourth-order valence-electron chi connectivity index (χ4n) is 3.91. The molecular weight excluding hydrogens is 460 g/mol. The number of para-hydroxylation sites is 3. The van der Waals surface area contributed by atoms with Crippen LogP contribution in [0, 0.1) is 0 Å². The van der Waals surface area contributed by atoms with Crippen molar-refractivity contribution in [2.45, 2.75) is 19.0 Å². The third-order valence-corrected chi connectivity index (χ3v) is 6.62. The fourth-order valence-corrected chi connectivity index (χ4v) is 4.71. The first kappa shape index (κ1) is 24.3. The van der Waals surface area contributed by atoms with Crippen LogP contribution in [0.3, 0.4) is 0 Å². The molecule has 7 nitrogen and oxygen atoms in total. The summed E-state index contributed by atoms with van der Waals surface area (Å²) in [6.45, 7) is 6.07. The number of rotatable bonds is 9. The maximum absolute atomic E-state index is 13.4. The molecular formula is C27H28N4O3S. The van der Waals surface area contributed by atoms with Crippen LogP contribution in [0.15, 0.2) is 82.7 Å². The van der Waals surface area contributed by atoms with E-state index in [-0.39, 0.29) is 17.2 Å². The summed E-state index contributed by atoms with van der Waals surface area (Å²) in [5, 5.41) is 3.85. The van der Waals surface area contributed by atoms with Gasteiger partial charge in [-0.1, -0.05) is 36.0 Å². The number of methoxy groups -OCH3 is 1. The van der Waals surface area contributed by atoms with Crippen molar-refractivity contribution in [2.24, 2.45) is 0 Å². The van der Waals surface area contributed by atoms with E-state index in [1.165, 1.54) is 16.3 Å². The number of thioether (sulfide) groups is 1. The summed E-state index contributed by atoms with van der Waals surface area (Å²) in [6, 6.07) is 22.3. The Labute approximate surface area is 208 Å². The van der Waals surface area contributed by atoms with Gasteiger partial charge in [-0.2, -0.15) is 0 Å². The standard InChI is InChI=1S/C27H28N4O3S/c1-4-30(5-2)20-16-14-19(15-17-20)28-25(32)18-35-27-29-22-11-7-6-10-21(22)26(33)31(27)23-12-8-9-13-24(23)34-3/h6-17H,4-5,18H2,1-3H3,(H,28,32). The molecule has 0 aliphatic rings. The van der Waals surface area contributed by atoms with Gasteiger partial charge >= 0.3 is 0 Å². The molecule has 0 radical (unpaired) electrons. The zero-order valence-electron chi connectivity index (χ0n) is 20.0. The average Bonchev–Trinajstić information content (AvgIpc) is 2.89. The summed E-state index contributed by atoms with van der Waals surface area (Å²) in [5.41, 5.74) is 2.78. The molecule has 1 N–H and O–H groups in total. The number of carbonyl (C=O) groups excluding carboxylic acids is 1. The van der Waals surface area contributed by atoms with Crippen molar-refractivity contribution in [3.8, 4) is 11.4 Å². The Kier molecular flexibility index (Phi) is 7.72. The number of amides is 1. The second-order valence-corrected chi connectivity index (χ2v) is 8.72. The molecule has 0 saturated carbocycles. The summed E-state index contributed by atoms with van der Waals surface area (Å²) >= 11 is 1.21. The molecule has 4 aromatic rings. The fraction of sp³-hybridized carbons (Fsp3) is 0.222. The molecule has 0 aliphatic heterocycles. The van der Waals surface area contributed by atoms with Gasteiger partial charge in [0.15, 0.2) is 5.16 Å². The summed E-state index contributed by atoms with van der Waals surface area (Å²) < 4.78 is 7.00. The van der Waals surface area contributed by atoms with Gasteiger partial charge in [0.05, 0.1) is 29.5 Å². The van der Waals surface area contributed by atoms with Gasteiger partial charge in [0, 0.05) is 24.5 Å². The Morgan fingerprint density at radius 2 is 1.69 bits per heavy atom. The van der Waals surface area contributed by atoms with Crippen LogP contribution >= 0.6 is 11.8 Å². The molecule has 3 aromatic carbocycles. The molecule has 0 atom stereocenters. The van der Waals surface area contributed by atoms with Gasteiger partial charge in [-0.15, -0.1) is 0 Å². The van der Waals surface area contributed by atoms with E-state index in [1.807, 2.05) is 48.5 Å². The highest BCUT2D eigenvalue weighted by atomic mass is 32.2. The van der Waals surface area contributed by atoms with Gasteiger partial charge in [0.1, 0.15) is 5.75 Å². The molecule has 0 saturated heterocycles. The third-order valence-electron chi connectivity index (χ3n) is 5.68. The minimum atomic E-state index is -0.213. The Morgan fingerprint density at radius 3 is 2.40 bits per heavy atom. The second kappa shape index (κ2) is 11.1. The number of fused-ring (bicyclic) bond motifs is 1. The first-order valence-corrected chi connectivity index (χ1v) is 12.5. The van der Waals surface area contributed by atoms with Crippen LogP contribution in [0.5, 0.6) is 5.75 Å². The molecule has 35 heavy (non-hydrogen) atoms. The Balaban J connectivity index is 1.59. The van der Waals surface area contributed by atoms with Crippen molar-refractivity contribution in [3.05, 3.63) is 83.2 Å². The van der Waals surface area contributed by atoms with Gasteiger partial charge in [-0.05, 0) is 62.4 Å². The molecule has 180 valence electrons. The minimum absolute atomic E-state index is 0.0950. The lowest BCUT2D eigenvalue weighted by molar-refractivity contribution is -0.113. The number of aromatic nitrogens is 2. The topological polar surface area (TPSA) is 76.5 Å². The maximum Gasteiger partial charge on any atom is 0.266 e. The molecule has 1 amide bonds. The number of hydrogen-bond donors (Lipinski definition) is 1. The Bertz CT molecular complexity index is 1380.